The summed E-state index contributed by atoms with van der Waals surface area (Å²) in [5.74, 6) is 0.0854. The van der Waals surface area contributed by atoms with E-state index in [4.69, 9.17) is 9.72 Å². The van der Waals surface area contributed by atoms with Crippen LogP contribution in [-0.2, 0) is 34.9 Å². The first kappa shape index (κ1) is 27.3. The minimum Gasteiger partial charge on any atom is -0.496 e. The number of rotatable bonds is 12. The molecule has 4 aromatic rings. The third-order valence-electron chi connectivity index (χ3n) is 6.27. The molecule has 0 saturated heterocycles. The molecule has 0 fully saturated rings. The van der Waals surface area contributed by atoms with Gasteiger partial charge in [-0.2, -0.15) is 0 Å². The van der Waals surface area contributed by atoms with Crippen LogP contribution in [0.5, 0.6) is 5.75 Å². The predicted octanol–water partition coefficient (Wildman–Crippen LogP) is 5.08. The van der Waals surface area contributed by atoms with E-state index in [1.54, 1.807) is 19.2 Å². The highest BCUT2D eigenvalue weighted by Crippen LogP contribution is 2.31. The SMILES string of the molecule is CCc1csc([C@H](Cc2ccc(N[SH](=O)=O)cc2)NC(=O)C(Cc2ccccc2)c2ccccc2OC)n1. The lowest BCUT2D eigenvalue weighted by atomic mass is 9.90. The van der Waals surface area contributed by atoms with Crippen molar-refractivity contribution in [3.63, 3.8) is 0 Å². The van der Waals surface area contributed by atoms with Crippen LogP contribution in [0.4, 0.5) is 5.69 Å². The Hall–Kier alpha value is -3.69. The summed E-state index contributed by atoms with van der Waals surface area (Å²) < 4.78 is 30.0. The number of benzene rings is 3. The molecular weight excluding hydrogens is 518 g/mol. The molecule has 2 atom stereocenters. The number of carbonyl (C=O) groups excluding carboxylic acids is 1. The molecule has 9 heteroatoms. The molecule has 0 bridgehead atoms. The number of nitrogens with zero attached hydrogens (tertiary/aromatic N) is 1. The zero-order valence-corrected chi connectivity index (χ0v) is 23.0. The average Bonchev–Trinajstić information content (AvgIpc) is 3.42. The van der Waals surface area contributed by atoms with Gasteiger partial charge in [0.25, 0.3) is 0 Å². The van der Waals surface area contributed by atoms with Crippen LogP contribution in [0.3, 0.4) is 0 Å². The third-order valence-corrected chi connectivity index (χ3v) is 7.72. The Morgan fingerprint density at radius 3 is 2.29 bits per heavy atom. The Kier molecular flexibility index (Phi) is 9.51. The smallest absolute Gasteiger partial charge is 0.228 e. The second-order valence-electron chi connectivity index (χ2n) is 8.85. The van der Waals surface area contributed by atoms with E-state index in [0.29, 0.717) is 24.3 Å². The number of thiazole rings is 1. The van der Waals surface area contributed by atoms with Crippen LogP contribution < -0.4 is 14.8 Å². The van der Waals surface area contributed by atoms with Crippen molar-refractivity contribution in [2.45, 2.75) is 38.1 Å². The predicted molar refractivity (Wildman–Crippen MR) is 152 cm³/mol. The number of hydrogen-bond acceptors (Lipinski definition) is 6. The van der Waals surface area contributed by atoms with Gasteiger partial charge in [-0.3, -0.25) is 9.52 Å². The highest BCUT2D eigenvalue weighted by atomic mass is 32.2. The summed E-state index contributed by atoms with van der Waals surface area (Å²) in [6.45, 7) is 2.05. The zero-order valence-electron chi connectivity index (χ0n) is 21.3. The van der Waals surface area contributed by atoms with E-state index in [9.17, 15) is 13.2 Å². The van der Waals surface area contributed by atoms with Gasteiger partial charge >= 0.3 is 0 Å². The molecule has 4 rings (SSSR count). The van der Waals surface area contributed by atoms with E-state index in [2.05, 4.69) is 17.0 Å². The number of thiol groups is 1. The number of aromatic nitrogens is 1. The van der Waals surface area contributed by atoms with Crippen LogP contribution in [0, 0.1) is 0 Å². The van der Waals surface area contributed by atoms with Crippen LogP contribution in [0.25, 0.3) is 0 Å². The van der Waals surface area contributed by atoms with Crippen molar-refractivity contribution in [2.75, 3.05) is 11.8 Å². The number of amides is 1. The average molecular weight is 550 g/mol. The molecule has 38 heavy (non-hydrogen) atoms. The molecule has 0 radical (unpaired) electrons. The zero-order chi connectivity index (χ0) is 26.9. The van der Waals surface area contributed by atoms with Crippen LogP contribution in [0.15, 0.2) is 84.2 Å². The molecular formula is C29H31N3O4S2. The van der Waals surface area contributed by atoms with Crippen LogP contribution in [0.1, 0.15) is 46.3 Å². The summed E-state index contributed by atoms with van der Waals surface area (Å²) >= 11 is 1.53. The van der Waals surface area contributed by atoms with Gasteiger partial charge in [-0.1, -0.05) is 67.6 Å². The van der Waals surface area contributed by atoms with Gasteiger partial charge in [0.1, 0.15) is 10.8 Å². The van der Waals surface area contributed by atoms with Crippen molar-refractivity contribution >= 4 is 33.8 Å². The second-order valence-corrected chi connectivity index (χ2v) is 10.5. The van der Waals surface area contributed by atoms with E-state index in [-0.39, 0.29) is 11.9 Å². The van der Waals surface area contributed by atoms with Crippen molar-refractivity contribution in [2.24, 2.45) is 0 Å². The van der Waals surface area contributed by atoms with Crippen molar-refractivity contribution in [3.8, 4) is 5.75 Å². The standard InChI is InChI=1S/C29H31N3O4S2/c1-3-22-19-37-29(30-22)26(18-21-13-15-23(16-14-21)32-38(34)35)31-28(33)25(17-20-9-5-4-6-10-20)24-11-7-8-12-27(24)36-2/h4-16,19,25-26,38H,3,17-18H2,1-2H3,(H,31,33)(H,32,34,35)/t25?,26-/m0/s1. The molecule has 198 valence electrons. The molecule has 1 amide bonds. The van der Waals surface area contributed by atoms with E-state index in [0.717, 1.165) is 33.8 Å². The fourth-order valence-electron chi connectivity index (χ4n) is 4.32. The molecule has 1 aromatic heterocycles. The molecule has 1 unspecified atom stereocenters. The van der Waals surface area contributed by atoms with Gasteiger partial charge in [0.15, 0.2) is 0 Å². The second kappa shape index (κ2) is 13.2. The van der Waals surface area contributed by atoms with E-state index < -0.39 is 16.8 Å². The van der Waals surface area contributed by atoms with Crippen LogP contribution in [0.2, 0.25) is 0 Å². The fourth-order valence-corrected chi connectivity index (χ4v) is 5.63. The summed E-state index contributed by atoms with van der Waals surface area (Å²) in [5, 5.41) is 6.13. The normalized spacial score (nSPS) is 12.6. The Morgan fingerprint density at radius 1 is 0.947 bits per heavy atom. The lowest BCUT2D eigenvalue weighted by Crippen LogP contribution is -2.35. The molecule has 0 aliphatic heterocycles. The van der Waals surface area contributed by atoms with Gasteiger partial charge in [0.05, 0.1) is 24.8 Å². The maximum atomic E-state index is 14.0. The molecule has 2 N–H and O–H groups in total. The summed E-state index contributed by atoms with van der Waals surface area (Å²) in [6, 6.07) is 24.4. The highest BCUT2D eigenvalue weighted by Gasteiger charge is 2.28. The van der Waals surface area contributed by atoms with Crippen LogP contribution >= 0.6 is 11.3 Å². The third kappa shape index (κ3) is 7.20. The van der Waals surface area contributed by atoms with E-state index >= 15 is 0 Å². The minimum absolute atomic E-state index is 0.113. The molecule has 0 aliphatic carbocycles. The Bertz CT molecular complexity index is 1410. The summed E-state index contributed by atoms with van der Waals surface area (Å²) in [5.41, 5.74) is 4.30. The van der Waals surface area contributed by atoms with Crippen LogP contribution in [-0.4, -0.2) is 26.4 Å². The Balaban J connectivity index is 1.64. The first-order chi connectivity index (χ1) is 18.5. The maximum Gasteiger partial charge on any atom is 0.228 e. The number of hydrogen-bond donors (Lipinski definition) is 3. The Labute approximate surface area is 229 Å². The number of anilines is 1. The molecule has 0 spiro atoms. The number of nitrogens with one attached hydrogen (secondary N) is 2. The summed E-state index contributed by atoms with van der Waals surface area (Å²) in [7, 11) is -1.12. The van der Waals surface area contributed by atoms with Gasteiger partial charge in [-0.25, -0.2) is 13.4 Å². The Morgan fingerprint density at radius 2 is 1.63 bits per heavy atom. The van der Waals surface area contributed by atoms with Crippen molar-refractivity contribution < 1.29 is 17.9 Å². The molecule has 7 nitrogen and oxygen atoms in total. The number of para-hydroxylation sites is 1. The van der Waals surface area contributed by atoms with E-state index in [1.807, 2.05) is 72.1 Å². The summed E-state index contributed by atoms with van der Waals surface area (Å²) in [4.78, 5) is 18.7. The number of ether oxygens (including phenoxy) is 1. The van der Waals surface area contributed by atoms with Gasteiger partial charge < -0.3 is 10.1 Å². The topological polar surface area (TPSA) is 97.4 Å². The van der Waals surface area contributed by atoms with E-state index in [1.165, 1.54) is 11.3 Å². The number of carbonyl (C=O) groups is 1. The lowest BCUT2D eigenvalue weighted by Gasteiger charge is -2.23. The molecule has 0 saturated carbocycles. The fraction of sp³-hybridized carbons (Fsp3) is 0.241. The van der Waals surface area contributed by atoms with Gasteiger partial charge in [-0.05, 0) is 48.6 Å². The summed E-state index contributed by atoms with van der Waals surface area (Å²) in [6.07, 6.45) is 1.84. The minimum atomic E-state index is -2.73. The molecule has 1 heterocycles. The van der Waals surface area contributed by atoms with Crippen molar-refractivity contribution in [1.82, 2.24) is 10.3 Å². The largest absolute Gasteiger partial charge is 0.496 e. The number of methoxy groups -OCH3 is 1. The molecule has 3 aromatic carbocycles. The maximum absolute atomic E-state index is 14.0. The monoisotopic (exact) mass is 549 g/mol. The van der Waals surface area contributed by atoms with Gasteiger partial charge in [0.2, 0.25) is 16.8 Å². The van der Waals surface area contributed by atoms with Gasteiger partial charge in [0, 0.05) is 16.6 Å². The van der Waals surface area contributed by atoms with Crippen molar-refractivity contribution in [1.29, 1.82) is 0 Å². The first-order valence-corrected chi connectivity index (χ1v) is 14.4. The van der Waals surface area contributed by atoms with Gasteiger partial charge in [-0.15, -0.1) is 11.3 Å². The molecule has 0 aliphatic rings. The van der Waals surface area contributed by atoms with Crippen molar-refractivity contribution in [3.05, 3.63) is 112 Å². The number of aryl methyl sites for hydroxylation is 1. The highest BCUT2D eigenvalue weighted by molar-refractivity contribution is 7.73. The first-order valence-electron chi connectivity index (χ1n) is 12.4. The lowest BCUT2D eigenvalue weighted by molar-refractivity contribution is -0.123. The quantitative estimate of drug-likeness (QED) is 0.214.